The van der Waals surface area contributed by atoms with E-state index in [0.717, 1.165) is 15.6 Å². The largest absolute Gasteiger partial charge is 0.389 e. The first-order chi connectivity index (χ1) is 12.3. The van der Waals surface area contributed by atoms with Gasteiger partial charge in [-0.3, -0.25) is 0 Å². The average molecular weight is 403 g/mol. The Hall–Kier alpha value is -2.02. The van der Waals surface area contributed by atoms with Crippen LogP contribution >= 0.6 is 11.3 Å². The first-order valence-corrected chi connectivity index (χ1v) is 9.53. The molecule has 0 bridgehead atoms. The van der Waals surface area contributed by atoms with Gasteiger partial charge in [0.05, 0.1) is 6.10 Å². The Morgan fingerprint density at radius 1 is 1.42 bits per heavy atom. The van der Waals surface area contributed by atoms with Crippen LogP contribution in [0, 0.1) is 5.82 Å². The number of anilines is 1. The normalized spacial score (nSPS) is 13.4. The van der Waals surface area contributed by atoms with Crippen LogP contribution in [-0.2, 0) is 15.0 Å². The molecule has 2 aromatic rings. The minimum Gasteiger partial charge on any atom is -0.389 e. The molecule has 0 amide bonds. The van der Waals surface area contributed by atoms with Gasteiger partial charge in [0.2, 0.25) is 10.0 Å². The van der Waals surface area contributed by atoms with E-state index in [2.05, 4.69) is 10.5 Å². The Bertz CT molecular complexity index is 868. The minimum absolute atomic E-state index is 0.0812. The molecule has 0 spiro atoms. The maximum Gasteiger partial charge on any atom is 0.245 e. The van der Waals surface area contributed by atoms with E-state index in [9.17, 15) is 17.9 Å². The second-order valence-corrected chi connectivity index (χ2v) is 8.40. The number of sulfonamides is 1. The monoisotopic (exact) mass is 403 g/mol. The number of thiophene rings is 1. The molecule has 1 atom stereocenters. The highest BCUT2D eigenvalue weighted by atomic mass is 32.2. The van der Waals surface area contributed by atoms with Crippen molar-refractivity contribution in [2.45, 2.75) is 11.0 Å². The minimum atomic E-state index is -3.94. The standard InChI is InChI=1S/C15H18FN3O5S2/c1-19(9-13(20)10-2-4-11(16)5-3-10)26(22,23)14-8-12(25-15(14)17)6-7-18-24-21/h2-8,13,18,20-21H,9,17H2,1H3. The fourth-order valence-electron chi connectivity index (χ4n) is 2.14. The lowest BCUT2D eigenvalue weighted by atomic mass is 10.1. The smallest absolute Gasteiger partial charge is 0.245 e. The molecule has 5 N–H and O–H groups in total. The average Bonchev–Trinajstić information content (AvgIpc) is 2.97. The summed E-state index contributed by atoms with van der Waals surface area (Å²) < 4.78 is 39.3. The van der Waals surface area contributed by atoms with Crippen molar-refractivity contribution in [3.63, 3.8) is 0 Å². The summed E-state index contributed by atoms with van der Waals surface area (Å²) in [6, 6.07) is 6.52. The fraction of sp³-hybridized carbons (Fsp3) is 0.200. The van der Waals surface area contributed by atoms with Crippen molar-refractivity contribution in [2.75, 3.05) is 19.3 Å². The van der Waals surface area contributed by atoms with Gasteiger partial charge in [0.1, 0.15) is 15.7 Å². The summed E-state index contributed by atoms with van der Waals surface area (Å²) in [6.45, 7) is -0.228. The molecule has 0 radical (unpaired) electrons. The number of aliphatic hydroxyl groups excluding tert-OH is 1. The number of halogens is 1. The van der Waals surface area contributed by atoms with Crippen molar-refractivity contribution in [3.05, 3.63) is 52.8 Å². The summed E-state index contributed by atoms with van der Waals surface area (Å²) in [5, 5.41) is 18.4. The third-order valence-corrected chi connectivity index (χ3v) is 6.41. The van der Waals surface area contributed by atoms with Gasteiger partial charge in [-0.05, 0) is 29.8 Å². The Morgan fingerprint density at radius 3 is 2.69 bits per heavy atom. The Balaban J connectivity index is 2.17. The van der Waals surface area contributed by atoms with Crippen LogP contribution in [0.4, 0.5) is 9.39 Å². The zero-order chi connectivity index (χ0) is 19.3. The van der Waals surface area contributed by atoms with Gasteiger partial charge in [-0.15, -0.1) is 16.3 Å². The highest BCUT2D eigenvalue weighted by Crippen LogP contribution is 2.32. The molecule has 1 heterocycles. The lowest BCUT2D eigenvalue weighted by molar-refractivity contribution is -0.279. The van der Waals surface area contributed by atoms with Gasteiger partial charge in [0.25, 0.3) is 0 Å². The number of nitrogens with zero attached hydrogens (tertiary/aromatic N) is 1. The molecule has 0 saturated heterocycles. The zero-order valence-electron chi connectivity index (χ0n) is 13.7. The number of hydrogen-bond donors (Lipinski definition) is 4. The van der Waals surface area contributed by atoms with E-state index in [1.165, 1.54) is 49.7 Å². The maximum atomic E-state index is 12.9. The summed E-state index contributed by atoms with van der Waals surface area (Å²) in [7, 11) is -2.63. The Morgan fingerprint density at radius 2 is 2.08 bits per heavy atom. The van der Waals surface area contributed by atoms with Crippen LogP contribution in [0.25, 0.3) is 6.08 Å². The summed E-state index contributed by atoms with van der Waals surface area (Å²) >= 11 is 1.03. The molecule has 1 aromatic heterocycles. The van der Waals surface area contributed by atoms with Crippen molar-refractivity contribution in [1.29, 1.82) is 0 Å². The lowest BCUT2D eigenvalue weighted by Gasteiger charge is -2.20. The van der Waals surface area contributed by atoms with Crippen LogP contribution in [-0.4, -0.2) is 36.7 Å². The molecular formula is C15H18FN3O5S2. The molecule has 8 nitrogen and oxygen atoms in total. The van der Waals surface area contributed by atoms with E-state index in [4.69, 9.17) is 11.0 Å². The van der Waals surface area contributed by atoms with Crippen molar-refractivity contribution in [1.82, 2.24) is 9.79 Å². The topological polar surface area (TPSA) is 125 Å². The van der Waals surface area contributed by atoms with Crippen LogP contribution in [0.2, 0.25) is 0 Å². The predicted octanol–water partition coefficient (Wildman–Crippen LogP) is 1.79. The highest BCUT2D eigenvalue weighted by molar-refractivity contribution is 7.89. The van der Waals surface area contributed by atoms with Crippen LogP contribution in [0.1, 0.15) is 16.5 Å². The fourth-order valence-corrected chi connectivity index (χ4v) is 4.58. The van der Waals surface area contributed by atoms with Gasteiger partial charge in [0, 0.05) is 24.7 Å². The van der Waals surface area contributed by atoms with Crippen molar-refractivity contribution in [3.8, 4) is 0 Å². The number of nitrogens with two attached hydrogens (primary N) is 1. The van der Waals surface area contributed by atoms with E-state index in [1.54, 1.807) is 0 Å². The molecule has 142 valence electrons. The third-order valence-electron chi connectivity index (χ3n) is 3.49. The molecule has 0 saturated carbocycles. The summed E-state index contributed by atoms with van der Waals surface area (Å²) in [5.41, 5.74) is 8.25. The second-order valence-electron chi connectivity index (χ2n) is 5.27. The number of benzene rings is 1. The number of rotatable bonds is 8. The molecule has 11 heteroatoms. The number of hydroxylamine groups is 1. The third kappa shape index (κ3) is 4.78. The van der Waals surface area contributed by atoms with E-state index in [-0.39, 0.29) is 16.4 Å². The van der Waals surface area contributed by atoms with E-state index < -0.39 is 21.9 Å². The van der Waals surface area contributed by atoms with Gasteiger partial charge in [-0.25, -0.2) is 23.5 Å². The number of aliphatic hydroxyl groups is 1. The van der Waals surface area contributed by atoms with Crippen LogP contribution < -0.4 is 11.2 Å². The van der Waals surface area contributed by atoms with Crippen molar-refractivity contribution in [2.24, 2.45) is 0 Å². The molecule has 0 aliphatic rings. The van der Waals surface area contributed by atoms with E-state index in [0.29, 0.717) is 10.4 Å². The molecule has 1 aromatic carbocycles. The van der Waals surface area contributed by atoms with Gasteiger partial charge in [0.15, 0.2) is 0 Å². The van der Waals surface area contributed by atoms with Crippen molar-refractivity contribution < 1.29 is 28.2 Å². The van der Waals surface area contributed by atoms with Crippen LogP contribution in [0.5, 0.6) is 0 Å². The number of nitrogens with one attached hydrogen (secondary N) is 1. The molecule has 0 aliphatic heterocycles. The lowest BCUT2D eigenvalue weighted by Crippen LogP contribution is -2.31. The van der Waals surface area contributed by atoms with Gasteiger partial charge in [-0.1, -0.05) is 12.1 Å². The molecule has 26 heavy (non-hydrogen) atoms. The SMILES string of the molecule is CN(CC(O)c1ccc(F)cc1)S(=O)(=O)c1cc(C=CNOO)sc1N. The van der Waals surface area contributed by atoms with Crippen LogP contribution in [0.3, 0.4) is 0 Å². The quantitative estimate of drug-likeness (QED) is 0.391. The van der Waals surface area contributed by atoms with Crippen molar-refractivity contribution >= 4 is 32.4 Å². The molecule has 1 unspecified atom stereocenters. The molecular weight excluding hydrogens is 385 g/mol. The second kappa shape index (κ2) is 8.58. The number of likely N-dealkylation sites (N-methyl/N-ethyl adjacent to an activating group) is 1. The van der Waals surface area contributed by atoms with Gasteiger partial charge < -0.3 is 10.8 Å². The Labute approximate surface area is 153 Å². The highest BCUT2D eigenvalue weighted by Gasteiger charge is 2.27. The predicted molar refractivity (Wildman–Crippen MR) is 95.8 cm³/mol. The maximum absolute atomic E-state index is 12.9. The first-order valence-electron chi connectivity index (χ1n) is 7.27. The first kappa shape index (κ1) is 20.3. The Kier molecular flexibility index (Phi) is 6.69. The van der Waals surface area contributed by atoms with Gasteiger partial charge >= 0.3 is 0 Å². The van der Waals surface area contributed by atoms with E-state index in [1.807, 2.05) is 0 Å². The molecule has 0 aliphatic carbocycles. The summed E-state index contributed by atoms with van der Waals surface area (Å²) in [5.74, 6) is -0.449. The number of nitrogen functional groups attached to an aromatic ring is 1. The zero-order valence-corrected chi connectivity index (χ0v) is 15.3. The van der Waals surface area contributed by atoms with Gasteiger partial charge in [-0.2, -0.15) is 4.31 Å². The summed E-state index contributed by atoms with van der Waals surface area (Å²) in [4.78, 5) is 4.07. The summed E-state index contributed by atoms with van der Waals surface area (Å²) in [6.07, 6.45) is 1.59. The van der Waals surface area contributed by atoms with E-state index >= 15 is 0 Å². The molecule has 2 rings (SSSR count). The molecule has 0 fully saturated rings. The van der Waals surface area contributed by atoms with Crippen LogP contribution in [0.15, 0.2) is 41.4 Å². The number of hydrogen-bond acceptors (Lipinski definition) is 8.